The normalized spacial score (nSPS) is 16.5. The van der Waals surface area contributed by atoms with Crippen molar-refractivity contribution in [2.24, 2.45) is 0 Å². The predicted molar refractivity (Wildman–Crippen MR) is 73.2 cm³/mol. The Balaban J connectivity index is 2.00. The van der Waals surface area contributed by atoms with Gasteiger partial charge in [-0.15, -0.1) is 0 Å². The fraction of sp³-hybridized carbons (Fsp3) is 0.467. The highest BCUT2D eigenvalue weighted by molar-refractivity contribution is 5.58. The molecule has 0 radical (unpaired) electrons. The van der Waals surface area contributed by atoms with Gasteiger partial charge >= 0.3 is 0 Å². The molecule has 0 spiro atoms. The van der Waals surface area contributed by atoms with E-state index in [9.17, 15) is 0 Å². The maximum Gasteiger partial charge on any atom is 0.119 e. The molecule has 98 valence electrons. The third-order valence-corrected chi connectivity index (χ3v) is 3.08. The van der Waals surface area contributed by atoms with E-state index in [4.69, 9.17) is 9.47 Å². The van der Waals surface area contributed by atoms with E-state index in [2.05, 4.69) is 29.7 Å². The van der Waals surface area contributed by atoms with E-state index in [-0.39, 0.29) is 0 Å². The van der Waals surface area contributed by atoms with Crippen LogP contribution in [-0.4, -0.2) is 37.8 Å². The highest BCUT2D eigenvalue weighted by Crippen LogP contribution is 2.16. The molecule has 0 atom stereocenters. The van der Waals surface area contributed by atoms with Gasteiger partial charge in [-0.25, -0.2) is 0 Å². The van der Waals surface area contributed by atoms with Crippen LogP contribution in [-0.2, 0) is 16.0 Å². The van der Waals surface area contributed by atoms with Crippen molar-refractivity contribution in [1.82, 2.24) is 4.90 Å². The Hall–Kier alpha value is -1.32. The van der Waals surface area contributed by atoms with Gasteiger partial charge in [0, 0.05) is 25.2 Å². The highest BCUT2D eigenvalue weighted by atomic mass is 16.5. The lowest BCUT2D eigenvalue weighted by Gasteiger charge is -2.26. The summed E-state index contributed by atoms with van der Waals surface area (Å²) in [5, 5.41) is 0. The van der Waals surface area contributed by atoms with Crippen molar-refractivity contribution in [1.29, 1.82) is 0 Å². The zero-order valence-electron chi connectivity index (χ0n) is 11.0. The molecule has 1 fully saturated rings. The quantitative estimate of drug-likeness (QED) is 0.746. The fourth-order valence-corrected chi connectivity index (χ4v) is 2.12. The zero-order valence-corrected chi connectivity index (χ0v) is 11.0. The molecule has 1 aliphatic rings. The van der Waals surface area contributed by atoms with Crippen molar-refractivity contribution in [3.05, 3.63) is 42.0 Å². The third-order valence-electron chi connectivity index (χ3n) is 3.08. The van der Waals surface area contributed by atoms with E-state index in [1.165, 1.54) is 5.56 Å². The summed E-state index contributed by atoms with van der Waals surface area (Å²) in [6.45, 7) is 11.2. The maximum absolute atomic E-state index is 5.44. The van der Waals surface area contributed by atoms with Gasteiger partial charge in [0.05, 0.1) is 19.8 Å². The van der Waals surface area contributed by atoms with Gasteiger partial charge in [-0.3, -0.25) is 4.90 Å². The Morgan fingerprint density at radius 3 is 2.89 bits per heavy atom. The van der Waals surface area contributed by atoms with Gasteiger partial charge in [0.15, 0.2) is 0 Å². The molecule has 0 aliphatic carbocycles. The Bertz CT molecular complexity index is 397. The Morgan fingerprint density at radius 2 is 2.17 bits per heavy atom. The van der Waals surface area contributed by atoms with E-state index < -0.39 is 0 Å². The second-order valence-corrected chi connectivity index (χ2v) is 4.45. The van der Waals surface area contributed by atoms with Gasteiger partial charge in [0.2, 0.25) is 0 Å². The molecule has 0 unspecified atom stereocenters. The van der Waals surface area contributed by atoms with Crippen molar-refractivity contribution in [2.45, 2.75) is 13.5 Å². The van der Waals surface area contributed by atoms with Gasteiger partial charge in [-0.2, -0.15) is 0 Å². The van der Waals surface area contributed by atoms with Crippen molar-refractivity contribution >= 4 is 5.76 Å². The lowest BCUT2D eigenvalue weighted by atomic mass is 10.1. The first-order valence-electron chi connectivity index (χ1n) is 6.50. The number of hydrogen-bond acceptors (Lipinski definition) is 3. The van der Waals surface area contributed by atoms with Crippen molar-refractivity contribution in [3.8, 4) is 0 Å². The molecule has 3 nitrogen and oxygen atoms in total. The molecule has 2 rings (SSSR count). The summed E-state index contributed by atoms with van der Waals surface area (Å²) in [4.78, 5) is 2.41. The largest absolute Gasteiger partial charge is 0.494 e. The molecule has 18 heavy (non-hydrogen) atoms. The second-order valence-electron chi connectivity index (χ2n) is 4.45. The van der Waals surface area contributed by atoms with Crippen LogP contribution >= 0.6 is 0 Å². The van der Waals surface area contributed by atoms with Crippen LogP contribution in [0.1, 0.15) is 18.1 Å². The molecule has 1 saturated heterocycles. The molecular formula is C15H21NO2. The van der Waals surface area contributed by atoms with Crippen LogP contribution in [0.4, 0.5) is 0 Å². The Kier molecular flexibility index (Phi) is 4.79. The number of nitrogens with zero attached hydrogens (tertiary/aromatic N) is 1. The van der Waals surface area contributed by atoms with Gasteiger partial charge in [0.1, 0.15) is 5.76 Å². The van der Waals surface area contributed by atoms with E-state index in [0.29, 0.717) is 6.61 Å². The highest BCUT2D eigenvalue weighted by Gasteiger charge is 2.11. The lowest BCUT2D eigenvalue weighted by Crippen LogP contribution is -2.35. The molecule has 0 N–H and O–H groups in total. The fourth-order valence-electron chi connectivity index (χ4n) is 2.12. The molecule has 1 aliphatic heterocycles. The maximum atomic E-state index is 5.44. The van der Waals surface area contributed by atoms with Crippen molar-refractivity contribution < 1.29 is 9.47 Å². The predicted octanol–water partition coefficient (Wildman–Crippen LogP) is 2.53. The first-order valence-corrected chi connectivity index (χ1v) is 6.50. The Morgan fingerprint density at radius 1 is 1.39 bits per heavy atom. The summed E-state index contributed by atoms with van der Waals surface area (Å²) in [6, 6.07) is 8.42. The minimum absolute atomic E-state index is 0.659. The molecular weight excluding hydrogens is 226 g/mol. The van der Waals surface area contributed by atoms with Crippen LogP contribution in [0.5, 0.6) is 0 Å². The molecule has 1 aromatic rings. The first-order chi connectivity index (χ1) is 8.79. The summed E-state index contributed by atoms with van der Waals surface area (Å²) in [7, 11) is 0. The SMILES string of the molecule is C=C(OCC)c1cccc(CN2CCOCC2)c1. The van der Waals surface area contributed by atoms with Gasteiger partial charge in [-0.1, -0.05) is 24.8 Å². The van der Waals surface area contributed by atoms with Crippen LogP contribution < -0.4 is 0 Å². The van der Waals surface area contributed by atoms with E-state index >= 15 is 0 Å². The molecule has 0 amide bonds. The molecule has 0 bridgehead atoms. The van der Waals surface area contributed by atoms with E-state index in [0.717, 1.165) is 44.2 Å². The average molecular weight is 247 g/mol. The standard InChI is InChI=1S/C15H21NO2/c1-3-18-13(2)15-6-4-5-14(11-15)12-16-7-9-17-10-8-16/h4-6,11H,2-3,7-10,12H2,1H3. The van der Waals surface area contributed by atoms with Gasteiger partial charge in [0.25, 0.3) is 0 Å². The van der Waals surface area contributed by atoms with Crippen LogP contribution in [0.2, 0.25) is 0 Å². The van der Waals surface area contributed by atoms with Crippen molar-refractivity contribution in [2.75, 3.05) is 32.9 Å². The monoisotopic (exact) mass is 247 g/mol. The lowest BCUT2D eigenvalue weighted by molar-refractivity contribution is 0.0342. The summed E-state index contributed by atoms with van der Waals surface area (Å²) < 4.78 is 10.8. The number of rotatable bonds is 5. The first kappa shape index (κ1) is 13.1. The van der Waals surface area contributed by atoms with Crippen LogP contribution in [0.25, 0.3) is 5.76 Å². The minimum atomic E-state index is 0.659. The van der Waals surface area contributed by atoms with Crippen LogP contribution in [0.3, 0.4) is 0 Å². The van der Waals surface area contributed by atoms with Gasteiger partial charge in [-0.05, 0) is 18.6 Å². The number of ether oxygens (including phenoxy) is 2. The molecule has 0 saturated carbocycles. The van der Waals surface area contributed by atoms with Crippen LogP contribution in [0, 0.1) is 0 Å². The summed E-state index contributed by atoms with van der Waals surface area (Å²) in [5.41, 5.74) is 2.37. The summed E-state index contributed by atoms with van der Waals surface area (Å²) in [5.74, 6) is 0.751. The zero-order chi connectivity index (χ0) is 12.8. The number of hydrogen-bond donors (Lipinski definition) is 0. The molecule has 0 aromatic heterocycles. The van der Waals surface area contributed by atoms with Crippen molar-refractivity contribution in [3.63, 3.8) is 0 Å². The molecule has 1 aromatic carbocycles. The number of benzene rings is 1. The van der Waals surface area contributed by atoms with E-state index in [1.54, 1.807) is 0 Å². The number of morpholine rings is 1. The second kappa shape index (κ2) is 6.57. The van der Waals surface area contributed by atoms with Crippen LogP contribution in [0.15, 0.2) is 30.8 Å². The topological polar surface area (TPSA) is 21.7 Å². The molecule has 1 heterocycles. The van der Waals surface area contributed by atoms with E-state index in [1.807, 2.05) is 13.0 Å². The third kappa shape index (κ3) is 3.59. The summed E-state index contributed by atoms with van der Waals surface area (Å²) in [6.07, 6.45) is 0. The Labute approximate surface area is 109 Å². The smallest absolute Gasteiger partial charge is 0.119 e. The minimum Gasteiger partial charge on any atom is -0.494 e. The molecule has 3 heteroatoms. The van der Waals surface area contributed by atoms with Gasteiger partial charge < -0.3 is 9.47 Å². The average Bonchev–Trinajstić information content (AvgIpc) is 2.40. The summed E-state index contributed by atoms with van der Waals surface area (Å²) >= 11 is 0.